The van der Waals surface area contributed by atoms with Gasteiger partial charge in [0.05, 0.1) is 13.2 Å². The Bertz CT molecular complexity index is 1550. The Hall–Kier alpha value is -5.51. The number of benzene rings is 2. The molecule has 0 aliphatic carbocycles. The van der Waals surface area contributed by atoms with Crippen molar-refractivity contribution in [3.05, 3.63) is 71.8 Å². The van der Waals surface area contributed by atoms with E-state index in [0.29, 0.717) is 0 Å². The number of esters is 1. The summed E-state index contributed by atoms with van der Waals surface area (Å²) in [5.74, 6) is -4.60. The number of amides is 6. The molecule has 0 spiro atoms. The summed E-state index contributed by atoms with van der Waals surface area (Å²) in [6.07, 6.45) is -1.21. The third-order valence-corrected chi connectivity index (χ3v) is 7.43. The maximum Gasteiger partial charge on any atom is 0.408 e. The first-order chi connectivity index (χ1) is 25.4. The summed E-state index contributed by atoms with van der Waals surface area (Å²) in [4.78, 5) is 89.8. The van der Waals surface area contributed by atoms with Crippen LogP contribution in [0.4, 0.5) is 4.79 Å². The van der Waals surface area contributed by atoms with Gasteiger partial charge in [0.15, 0.2) is 0 Å². The molecule has 0 radical (unpaired) electrons. The predicted octanol–water partition coefficient (Wildman–Crippen LogP) is 1.74. The number of rotatable bonds is 21. The van der Waals surface area contributed by atoms with Gasteiger partial charge in [-0.2, -0.15) is 0 Å². The van der Waals surface area contributed by atoms with Crippen LogP contribution in [-0.2, 0) is 56.2 Å². The third kappa shape index (κ3) is 18.3. The quantitative estimate of drug-likeness (QED) is 0.101. The van der Waals surface area contributed by atoms with Gasteiger partial charge in [-0.25, -0.2) is 9.59 Å². The van der Waals surface area contributed by atoms with Gasteiger partial charge in [0.2, 0.25) is 29.5 Å². The molecule has 0 saturated heterocycles. The molecular formula is C38H54N6O10. The normalized spacial score (nSPS) is 13.3. The lowest BCUT2D eigenvalue weighted by atomic mass is 10.0. The summed E-state index contributed by atoms with van der Waals surface area (Å²) in [6, 6.07) is 13.2. The molecule has 6 amide bonds. The lowest BCUT2D eigenvalue weighted by Crippen LogP contribution is -2.59. The molecule has 54 heavy (non-hydrogen) atoms. The highest BCUT2D eigenvalue weighted by atomic mass is 16.6. The van der Waals surface area contributed by atoms with Crippen molar-refractivity contribution in [1.82, 2.24) is 26.6 Å². The number of hydrogen-bond acceptors (Lipinski definition) is 10. The number of nitrogens with one attached hydrogen (secondary N) is 5. The molecule has 2 aromatic rings. The molecule has 4 atom stereocenters. The fraction of sp³-hybridized carbons (Fsp3) is 0.500. The Balaban J connectivity index is 2.18. The fourth-order valence-electron chi connectivity index (χ4n) is 4.79. The van der Waals surface area contributed by atoms with Crippen LogP contribution in [0.2, 0.25) is 0 Å². The zero-order valence-corrected chi connectivity index (χ0v) is 31.8. The van der Waals surface area contributed by atoms with Crippen molar-refractivity contribution >= 4 is 41.6 Å². The van der Waals surface area contributed by atoms with Crippen molar-refractivity contribution in [3.8, 4) is 0 Å². The molecule has 2 rings (SSSR count). The average molecular weight is 755 g/mol. The molecule has 16 heteroatoms. The van der Waals surface area contributed by atoms with E-state index in [1.807, 2.05) is 50.2 Å². The van der Waals surface area contributed by atoms with Crippen LogP contribution in [0.5, 0.6) is 0 Å². The molecule has 0 bridgehead atoms. The van der Waals surface area contributed by atoms with Gasteiger partial charge in [0.1, 0.15) is 42.9 Å². The van der Waals surface area contributed by atoms with E-state index >= 15 is 0 Å². The first-order valence-electron chi connectivity index (χ1n) is 17.7. The fourth-order valence-corrected chi connectivity index (χ4v) is 4.79. The van der Waals surface area contributed by atoms with E-state index in [-0.39, 0.29) is 45.0 Å². The van der Waals surface area contributed by atoms with Crippen LogP contribution in [0.1, 0.15) is 71.9 Å². The Morgan fingerprint density at radius 1 is 0.704 bits per heavy atom. The van der Waals surface area contributed by atoms with E-state index in [0.717, 1.165) is 11.1 Å². The van der Waals surface area contributed by atoms with Crippen LogP contribution in [0, 0.1) is 5.92 Å². The maximum absolute atomic E-state index is 13.8. The smallest absolute Gasteiger partial charge is 0.408 e. The van der Waals surface area contributed by atoms with Crippen LogP contribution >= 0.6 is 0 Å². The van der Waals surface area contributed by atoms with Crippen LogP contribution in [0.25, 0.3) is 0 Å². The second-order valence-corrected chi connectivity index (χ2v) is 14.1. The molecule has 0 saturated carbocycles. The average Bonchev–Trinajstić information content (AvgIpc) is 3.10. The van der Waals surface area contributed by atoms with Gasteiger partial charge in [0, 0.05) is 6.42 Å². The maximum atomic E-state index is 13.8. The summed E-state index contributed by atoms with van der Waals surface area (Å²) in [6.45, 7) is 9.32. The van der Waals surface area contributed by atoms with Gasteiger partial charge < -0.3 is 46.5 Å². The van der Waals surface area contributed by atoms with Crippen molar-refractivity contribution < 1.29 is 47.8 Å². The summed E-state index contributed by atoms with van der Waals surface area (Å²) in [5.41, 5.74) is 6.07. The van der Waals surface area contributed by atoms with E-state index in [2.05, 4.69) is 26.6 Å². The van der Waals surface area contributed by atoms with Gasteiger partial charge in [-0.1, -0.05) is 74.5 Å². The Morgan fingerprint density at radius 2 is 1.24 bits per heavy atom. The highest BCUT2D eigenvalue weighted by Gasteiger charge is 2.32. The van der Waals surface area contributed by atoms with E-state index in [9.17, 15) is 33.6 Å². The monoisotopic (exact) mass is 754 g/mol. The standard InChI is InChI=1S/C38H54N6O10/c1-24(2)19-29(43-33(47)28(17-18-31(39)45)42-32(46)20-40-37(51)54-38(4,5)6)34(48)44-30(23-52-21-26-13-9-7-10-14-26)35(49)41-25(3)36(50)53-22-27-15-11-8-12-16-27/h7-16,24-25,28-30H,17-23H2,1-6H3,(H2,39,45)(H,40,51)(H,41,49)(H,42,46)(H,43,47)(H,44,48)/t25-,28-,29-,30-/m0/s1. The Labute approximate surface area is 316 Å². The zero-order chi connectivity index (χ0) is 40.3. The molecule has 0 aromatic heterocycles. The molecule has 2 aromatic carbocycles. The van der Waals surface area contributed by atoms with Crippen LogP contribution < -0.4 is 32.3 Å². The van der Waals surface area contributed by atoms with Crippen molar-refractivity contribution in [3.63, 3.8) is 0 Å². The van der Waals surface area contributed by atoms with E-state index < -0.39 is 77.9 Å². The lowest BCUT2D eigenvalue weighted by molar-refractivity contribution is -0.149. The Kier molecular flexibility index (Phi) is 18.6. The van der Waals surface area contributed by atoms with Gasteiger partial charge in [0.25, 0.3) is 0 Å². The van der Waals surface area contributed by atoms with E-state index in [4.69, 9.17) is 19.9 Å². The van der Waals surface area contributed by atoms with Gasteiger partial charge in [-0.05, 0) is 57.6 Å². The highest BCUT2D eigenvalue weighted by Crippen LogP contribution is 2.10. The van der Waals surface area contributed by atoms with Crippen LogP contribution in [0.3, 0.4) is 0 Å². The number of alkyl carbamates (subject to hydrolysis) is 1. The number of carbonyl (C=O) groups excluding carboxylic acids is 7. The minimum atomic E-state index is -1.32. The van der Waals surface area contributed by atoms with Gasteiger partial charge >= 0.3 is 12.1 Å². The molecule has 296 valence electrons. The molecule has 0 aliphatic rings. The summed E-state index contributed by atoms with van der Waals surface area (Å²) < 4.78 is 16.2. The van der Waals surface area contributed by atoms with E-state index in [1.54, 1.807) is 45.0 Å². The number of ether oxygens (including phenoxy) is 3. The number of nitrogens with two attached hydrogens (primary N) is 1. The number of carbonyl (C=O) groups is 7. The van der Waals surface area contributed by atoms with Gasteiger partial charge in [-0.15, -0.1) is 0 Å². The molecule has 0 unspecified atom stereocenters. The van der Waals surface area contributed by atoms with Gasteiger partial charge in [-0.3, -0.25) is 24.0 Å². The number of hydrogen-bond donors (Lipinski definition) is 6. The first-order valence-corrected chi connectivity index (χ1v) is 17.7. The summed E-state index contributed by atoms with van der Waals surface area (Å²) in [7, 11) is 0. The van der Waals surface area contributed by atoms with Crippen LogP contribution in [0.15, 0.2) is 60.7 Å². The minimum absolute atomic E-state index is 0.00203. The molecule has 0 heterocycles. The zero-order valence-electron chi connectivity index (χ0n) is 31.8. The minimum Gasteiger partial charge on any atom is -0.459 e. The molecule has 16 nitrogen and oxygen atoms in total. The second-order valence-electron chi connectivity index (χ2n) is 14.1. The topological polar surface area (TPSA) is 233 Å². The molecule has 0 fully saturated rings. The highest BCUT2D eigenvalue weighted by molar-refractivity contribution is 5.95. The van der Waals surface area contributed by atoms with E-state index in [1.165, 1.54) is 6.92 Å². The van der Waals surface area contributed by atoms with Crippen LogP contribution in [-0.4, -0.2) is 84.5 Å². The lowest BCUT2D eigenvalue weighted by Gasteiger charge is -2.27. The Morgan fingerprint density at radius 3 is 1.80 bits per heavy atom. The largest absolute Gasteiger partial charge is 0.459 e. The molecule has 7 N–H and O–H groups in total. The third-order valence-electron chi connectivity index (χ3n) is 7.43. The number of primary amides is 1. The molecule has 0 aliphatic heterocycles. The summed E-state index contributed by atoms with van der Waals surface area (Å²) in [5, 5.41) is 12.6. The SMILES string of the molecule is CC(C)C[C@H](NC(=O)[C@H](CCC(N)=O)NC(=O)CNC(=O)OC(C)(C)C)C(=O)N[C@@H](COCc1ccccc1)C(=O)N[C@@H](C)C(=O)OCc1ccccc1. The molecular weight excluding hydrogens is 700 g/mol. The summed E-state index contributed by atoms with van der Waals surface area (Å²) >= 11 is 0. The van der Waals surface area contributed by atoms with Crippen molar-refractivity contribution in [1.29, 1.82) is 0 Å². The van der Waals surface area contributed by atoms with Crippen molar-refractivity contribution in [2.45, 2.75) is 104 Å². The predicted molar refractivity (Wildman–Crippen MR) is 198 cm³/mol. The first kappa shape index (κ1) is 44.7. The second kappa shape index (κ2) is 22.5. The van der Waals surface area contributed by atoms with Crippen molar-refractivity contribution in [2.24, 2.45) is 11.7 Å². The van der Waals surface area contributed by atoms with Crippen molar-refractivity contribution in [2.75, 3.05) is 13.2 Å².